The highest BCUT2D eigenvalue weighted by molar-refractivity contribution is 7.26. The van der Waals surface area contributed by atoms with Crippen molar-refractivity contribution < 1.29 is 4.42 Å². The number of thiophene rings is 1. The molecular weight excluding hydrogens is 781 g/mol. The Hall–Kier alpha value is -8.20. The molecule has 0 radical (unpaired) electrons. The summed E-state index contributed by atoms with van der Waals surface area (Å²) in [6.45, 7) is 0. The fourth-order valence-corrected chi connectivity index (χ4v) is 9.52. The van der Waals surface area contributed by atoms with E-state index in [1.54, 1.807) is 11.3 Å². The molecule has 0 fully saturated rings. The average Bonchev–Trinajstić information content (AvgIpc) is 3.94. The molecule has 7 nitrogen and oxygen atoms in total. The third kappa shape index (κ3) is 6.20. The predicted octanol–water partition coefficient (Wildman–Crippen LogP) is 14.0. The third-order valence-electron chi connectivity index (χ3n) is 11.2. The van der Waals surface area contributed by atoms with E-state index in [1.807, 2.05) is 121 Å². The van der Waals surface area contributed by atoms with Gasteiger partial charge in [0, 0.05) is 58.8 Å². The Labute approximate surface area is 359 Å². The zero-order valence-electron chi connectivity index (χ0n) is 33.0. The Balaban J connectivity index is 0.979. The summed E-state index contributed by atoms with van der Waals surface area (Å²) in [6.07, 6.45) is 0. The number of nitrogens with zero attached hydrogens (tertiary/aromatic N) is 6. The van der Waals surface area contributed by atoms with Crippen molar-refractivity contribution in [1.29, 1.82) is 0 Å². The van der Waals surface area contributed by atoms with Gasteiger partial charge >= 0.3 is 0 Å². The van der Waals surface area contributed by atoms with E-state index in [0.717, 1.165) is 81.9 Å². The van der Waals surface area contributed by atoms with Crippen LogP contribution in [0.25, 0.3) is 122 Å². The van der Waals surface area contributed by atoms with Crippen molar-refractivity contribution >= 4 is 53.4 Å². The molecule has 0 bridgehead atoms. The summed E-state index contributed by atoms with van der Waals surface area (Å²) in [6, 6.07) is 65.9. The van der Waals surface area contributed by atoms with Gasteiger partial charge in [0.25, 0.3) is 0 Å². The molecule has 62 heavy (non-hydrogen) atoms. The minimum absolute atomic E-state index is 0.556. The Morgan fingerprint density at radius 3 is 1.37 bits per heavy atom. The summed E-state index contributed by atoms with van der Waals surface area (Å²) >= 11 is 1.78. The first-order valence-corrected chi connectivity index (χ1v) is 21.2. The normalized spacial score (nSPS) is 11.5. The van der Waals surface area contributed by atoms with E-state index in [-0.39, 0.29) is 0 Å². The molecular formula is C54H32N6OS. The van der Waals surface area contributed by atoms with Crippen LogP contribution in [0.15, 0.2) is 199 Å². The van der Waals surface area contributed by atoms with Crippen molar-refractivity contribution in [3.63, 3.8) is 0 Å². The van der Waals surface area contributed by atoms with Gasteiger partial charge in [-0.1, -0.05) is 176 Å². The topological polar surface area (TPSA) is 90.5 Å². The summed E-state index contributed by atoms with van der Waals surface area (Å²) in [5.74, 6) is 3.65. The summed E-state index contributed by atoms with van der Waals surface area (Å²) < 4.78 is 8.81. The monoisotopic (exact) mass is 812 g/mol. The van der Waals surface area contributed by atoms with E-state index in [9.17, 15) is 0 Å². The number of hydrogen-bond donors (Lipinski definition) is 0. The van der Waals surface area contributed by atoms with Gasteiger partial charge in [0.05, 0.1) is 5.56 Å². The first kappa shape index (κ1) is 35.7. The van der Waals surface area contributed by atoms with E-state index < -0.39 is 0 Å². The quantitative estimate of drug-likeness (QED) is 0.158. The SMILES string of the molecule is c1ccc(-c2nc(-c3ccccc3)nc(-c3ccc(-c4cccc5c4sc4cccc(-c6nc(-c7ccccc7)nc(-c7cccc8c7oc7ccccc78)n6)c45)cc3)n2)cc1. The molecule has 0 amide bonds. The highest BCUT2D eigenvalue weighted by Crippen LogP contribution is 2.44. The van der Waals surface area contributed by atoms with Gasteiger partial charge in [0.15, 0.2) is 34.9 Å². The lowest BCUT2D eigenvalue weighted by molar-refractivity contribution is 0.669. The second kappa shape index (κ2) is 14.8. The number of fused-ring (bicyclic) bond motifs is 6. The number of rotatable bonds is 7. The second-order valence-electron chi connectivity index (χ2n) is 15.0. The molecule has 0 atom stereocenters. The molecule has 4 heterocycles. The molecule has 0 unspecified atom stereocenters. The third-order valence-corrected chi connectivity index (χ3v) is 12.4. The van der Waals surface area contributed by atoms with Gasteiger partial charge in [-0.05, 0) is 29.3 Å². The maximum absolute atomic E-state index is 6.47. The van der Waals surface area contributed by atoms with Crippen LogP contribution in [0.4, 0.5) is 0 Å². The Kier molecular flexibility index (Phi) is 8.53. The van der Waals surface area contributed by atoms with Crippen LogP contribution in [0.1, 0.15) is 0 Å². The van der Waals surface area contributed by atoms with Gasteiger partial charge in [-0.3, -0.25) is 0 Å². The molecule has 8 aromatic carbocycles. The molecule has 0 saturated heterocycles. The predicted molar refractivity (Wildman–Crippen MR) is 251 cm³/mol. The van der Waals surface area contributed by atoms with Gasteiger partial charge < -0.3 is 4.42 Å². The van der Waals surface area contributed by atoms with Crippen molar-refractivity contribution in [3.05, 3.63) is 194 Å². The van der Waals surface area contributed by atoms with Crippen LogP contribution in [0.5, 0.6) is 0 Å². The second-order valence-corrected chi connectivity index (χ2v) is 16.1. The van der Waals surface area contributed by atoms with Crippen LogP contribution in [0, 0.1) is 0 Å². The fraction of sp³-hybridized carbons (Fsp3) is 0. The van der Waals surface area contributed by atoms with E-state index in [0.29, 0.717) is 34.9 Å². The van der Waals surface area contributed by atoms with Gasteiger partial charge in [0.2, 0.25) is 0 Å². The lowest BCUT2D eigenvalue weighted by Gasteiger charge is -2.10. The molecule has 0 spiro atoms. The summed E-state index contributed by atoms with van der Waals surface area (Å²) in [4.78, 5) is 30.3. The molecule has 0 aliphatic heterocycles. The number of furan rings is 1. The smallest absolute Gasteiger partial charge is 0.167 e. The van der Waals surface area contributed by atoms with Gasteiger partial charge in [-0.2, -0.15) is 0 Å². The van der Waals surface area contributed by atoms with Crippen LogP contribution in [0.2, 0.25) is 0 Å². The minimum atomic E-state index is 0.556. The lowest BCUT2D eigenvalue weighted by atomic mass is 9.99. The molecule has 0 aliphatic rings. The highest BCUT2D eigenvalue weighted by atomic mass is 32.1. The van der Waals surface area contributed by atoms with E-state index >= 15 is 0 Å². The van der Waals surface area contributed by atoms with E-state index in [2.05, 4.69) is 72.8 Å². The number of benzene rings is 8. The Morgan fingerprint density at radius 1 is 0.306 bits per heavy atom. The molecule has 0 aliphatic carbocycles. The van der Waals surface area contributed by atoms with Gasteiger partial charge in [0.1, 0.15) is 11.2 Å². The fourth-order valence-electron chi connectivity index (χ4n) is 8.25. The lowest BCUT2D eigenvalue weighted by Crippen LogP contribution is -2.00. The van der Waals surface area contributed by atoms with Crippen LogP contribution >= 0.6 is 11.3 Å². The zero-order chi connectivity index (χ0) is 41.0. The molecule has 0 N–H and O–H groups in total. The summed E-state index contributed by atoms with van der Waals surface area (Å²) in [5, 5.41) is 4.33. The first-order chi connectivity index (χ1) is 30.7. The van der Waals surface area contributed by atoms with Gasteiger partial charge in [-0.15, -0.1) is 11.3 Å². The van der Waals surface area contributed by atoms with Crippen LogP contribution < -0.4 is 0 Å². The summed E-state index contributed by atoms with van der Waals surface area (Å²) in [5.41, 5.74) is 9.28. The zero-order valence-corrected chi connectivity index (χ0v) is 33.8. The maximum Gasteiger partial charge on any atom is 0.167 e. The van der Waals surface area contributed by atoms with E-state index in [1.165, 1.54) is 4.70 Å². The molecule has 0 saturated carbocycles. The molecule has 4 aromatic heterocycles. The largest absolute Gasteiger partial charge is 0.455 e. The van der Waals surface area contributed by atoms with E-state index in [4.69, 9.17) is 34.3 Å². The number of hydrogen-bond acceptors (Lipinski definition) is 8. The van der Waals surface area contributed by atoms with Crippen molar-refractivity contribution in [2.75, 3.05) is 0 Å². The average molecular weight is 813 g/mol. The van der Waals surface area contributed by atoms with Crippen molar-refractivity contribution in [1.82, 2.24) is 29.9 Å². The summed E-state index contributed by atoms with van der Waals surface area (Å²) in [7, 11) is 0. The Morgan fingerprint density at radius 2 is 0.742 bits per heavy atom. The van der Waals surface area contributed by atoms with Crippen molar-refractivity contribution in [3.8, 4) is 79.5 Å². The van der Waals surface area contributed by atoms with Crippen molar-refractivity contribution in [2.45, 2.75) is 0 Å². The number of aromatic nitrogens is 6. The van der Waals surface area contributed by atoms with Crippen molar-refractivity contribution in [2.24, 2.45) is 0 Å². The van der Waals surface area contributed by atoms with Crippen LogP contribution in [-0.2, 0) is 0 Å². The highest BCUT2D eigenvalue weighted by Gasteiger charge is 2.21. The standard InChI is InChI=1S/C54H32N6OS/c1-4-15-34(16-5-1)49-55-50(35-17-6-2-7-18-35)57-52(56-49)37-31-29-33(30-32-37)38-22-12-24-41-46-42(25-14-28-45(46)62-48(38)41)53-58-51(36-19-8-3-9-20-36)59-54(60-53)43-26-13-23-40-39-21-10-11-27-44(39)61-47(40)43/h1-32H. The molecule has 12 aromatic rings. The minimum Gasteiger partial charge on any atom is -0.455 e. The van der Waals surface area contributed by atoms with Crippen LogP contribution in [-0.4, -0.2) is 29.9 Å². The van der Waals surface area contributed by atoms with Crippen LogP contribution in [0.3, 0.4) is 0 Å². The Bertz CT molecular complexity index is 3570. The van der Waals surface area contributed by atoms with Gasteiger partial charge in [-0.25, -0.2) is 29.9 Å². The molecule has 12 rings (SSSR count). The first-order valence-electron chi connectivity index (χ1n) is 20.4. The number of para-hydroxylation sites is 2. The molecule has 8 heteroatoms. The molecule has 290 valence electrons. The maximum atomic E-state index is 6.47.